The van der Waals surface area contributed by atoms with Crippen LogP contribution in [-0.4, -0.2) is 35.6 Å². The van der Waals surface area contributed by atoms with Crippen molar-refractivity contribution >= 4 is 9.84 Å². The summed E-state index contributed by atoms with van der Waals surface area (Å²) in [5, 5.41) is 3.78. The number of aromatic nitrogens is 3. The van der Waals surface area contributed by atoms with Gasteiger partial charge in [0.25, 0.3) is 0 Å². The summed E-state index contributed by atoms with van der Waals surface area (Å²) in [7, 11) is -3.04. The van der Waals surface area contributed by atoms with Gasteiger partial charge in [0.2, 0.25) is 11.7 Å². The van der Waals surface area contributed by atoms with E-state index in [1.165, 1.54) is 0 Å². The fraction of sp³-hybridized carbons (Fsp3) is 0.400. The van der Waals surface area contributed by atoms with Crippen molar-refractivity contribution in [3.63, 3.8) is 0 Å². The first kappa shape index (κ1) is 12.8. The third kappa shape index (κ3) is 3.17. The Balaban J connectivity index is 2.06. The van der Waals surface area contributed by atoms with Crippen LogP contribution in [0.2, 0.25) is 0 Å². The van der Waals surface area contributed by atoms with Gasteiger partial charge in [-0.2, -0.15) is 4.98 Å². The van der Waals surface area contributed by atoms with Gasteiger partial charge in [0.15, 0.2) is 0 Å². The van der Waals surface area contributed by atoms with Gasteiger partial charge in [-0.3, -0.25) is 0 Å². The summed E-state index contributed by atoms with van der Waals surface area (Å²) in [5.41, 5.74) is 6.52. The number of nitrogens with zero attached hydrogens (tertiary/aromatic N) is 2. The number of sulfone groups is 1. The lowest BCUT2D eigenvalue weighted by Crippen LogP contribution is -2.16. The van der Waals surface area contributed by atoms with Gasteiger partial charge < -0.3 is 15.2 Å². The molecule has 98 valence electrons. The molecule has 0 aromatic carbocycles. The highest BCUT2D eigenvalue weighted by atomic mass is 32.2. The second kappa shape index (κ2) is 4.91. The van der Waals surface area contributed by atoms with Gasteiger partial charge in [-0.05, 0) is 18.6 Å². The minimum Gasteiger partial charge on any atom is -0.359 e. The first-order valence-electron chi connectivity index (χ1n) is 5.36. The zero-order chi connectivity index (χ0) is 13.2. The van der Waals surface area contributed by atoms with Gasteiger partial charge in [0.05, 0.1) is 17.5 Å². The Labute approximate surface area is 104 Å². The second-order valence-corrected chi connectivity index (χ2v) is 6.32. The summed E-state index contributed by atoms with van der Waals surface area (Å²) in [4.78, 5) is 7.06. The Kier molecular flexibility index (Phi) is 3.48. The van der Waals surface area contributed by atoms with Crippen LogP contribution in [0.3, 0.4) is 0 Å². The fourth-order valence-electron chi connectivity index (χ4n) is 1.43. The van der Waals surface area contributed by atoms with Crippen molar-refractivity contribution in [3.8, 4) is 11.5 Å². The lowest BCUT2D eigenvalue weighted by Gasteiger charge is -2.04. The quantitative estimate of drug-likeness (QED) is 0.817. The molecule has 0 fully saturated rings. The third-order valence-corrected chi connectivity index (χ3v) is 3.37. The number of nitrogens with one attached hydrogen (secondary N) is 1. The SMILES string of the molecule is CS(=O)(=O)CCC(N)c1nc(-c2ccc[nH]2)no1. The molecule has 0 aliphatic rings. The molecule has 8 heteroatoms. The number of rotatable bonds is 5. The van der Waals surface area contributed by atoms with Crippen LogP contribution in [-0.2, 0) is 9.84 Å². The van der Waals surface area contributed by atoms with Crippen LogP contribution >= 0.6 is 0 Å². The van der Waals surface area contributed by atoms with Gasteiger partial charge in [-0.25, -0.2) is 8.42 Å². The average molecular weight is 270 g/mol. The largest absolute Gasteiger partial charge is 0.359 e. The van der Waals surface area contributed by atoms with Crippen molar-refractivity contribution in [1.82, 2.24) is 15.1 Å². The van der Waals surface area contributed by atoms with Crippen molar-refractivity contribution in [3.05, 3.63) is 24.2 Å². The number of hydrogen-bond donors (Lipinski definition) is 2. The van der Waals surface area contributed by atoms with Crippen LogP contribution < -0.4 is 5.73 Å². The molecule has 7 nitrogen and oxygen atoms in total. The van der Waals surface area contributed by atoms with E-state index < -0.39 is 15.9 Å². The first-order chi connectivity index (χ1) is 8.46. The molecule has 3 N–H and O–H groups in total. The first-order valence-corrected chi connectivity index (χ1v) is 7.42. The molecule has 0 bridgehead atoms. The lowest BCUT2D eigenvalue weighted by atomic mass is 10.2. The lowest BCUT2D eigenvalue weighted by molar-refractivity contribution is 0.352. The van der Waals surface area contributed by atoms with Crippen LogP contribution in [0.1, 0.15) is 18.4 Å². The van der Waals surface area contributed by atoms with Gasteiger partial charge >= 0.3 is 0 Å². The molecular weight excluding hydrogens is 256 g/mol. The van der Waals surface area contributed by atoms with E-state index in [1.54, 1.807) is 12.3 Å². The summed E-state index contributed by atoms with van der Waals surface area (Å²) in [5.74, 6) is 0.641. The number of H-pyrrole nitrogens is 1. The third-order valence-electron chi connectivity index (χ3n) is 2.40. The maximum atomic E-state index is 11.0. The van der Waals surface area contributed by atoms with E-state index >= 15 is 0 Å². The van der Waals surface area contributed by atoms with Crippen molar-refractivity contribution in [2.24, 2.45) is 5.73 Å². The topological polar surface area (TPSA) is 115 Å². The molecule has 2 heterocycles. The molecule has 2 aromatic rings. The van der Waals surface area contributed by atoms with E-state index in [0.29, 0.717) is 5.82 Å². The Bertz CT molecular complexity index is 603. The molecule has 0 aliphatic carbocycles. The van der Waals surface area contributed by atoms with E-state index in [0.717, 1.165) is 11.9 Å². The standard InChI is InChI=1S/C10H14N4O3S/c1-18(15,16)6-4-7(11)10-13-9(14-17-10)8-3-2-5-12-8/h2-3,5,7,12H,4,6,11H2,1H3. The summed E-state index contributed by atoms with van der Waals surface area (Å²) in [6.45, 7) is 0. The van der Waals surface area contributed by atoms with E-state index in [9.17, 15) is 8.42 Å². The van der Waals surface area contributed by atoms with Crippen LogP contribution in [0, 0.1) is 0 Å². The summed E-state index contributed by atoms with van der Waals surface area (Å²) in [6, 6.07) is 3.04. The highest BCUT2D eigenvalue weighted by Gasteiger charge is 2.17. The van der Waals surface area contributed by atoms with Crippen LogP contribution in [0.5, 0.6) is 0 Å². The van der Waals surface area contributed by atoms with Crippen molar-refractivity contribution in [1.29, 1.82) is 0 Å². The van der Waals surface area contributed by atoms with Gasteiger partial charge in [-0.1, -0.05) is 5.16 Å². The Morgan fingerprint density at radius 3 is 2.94 bits per heavy atom. The minimum atomic E-state index is -3.04. The molecule has 2 rings (SSSR count). The van der Waals surface area contributed by atoms with Crippen LogP contribution in [0.4, 0.5) is 0 Å². The molecule has 1 unspecified atom stereocenters. The Morgan fingerprint density at radius 2 is 2.33 bits per heavy atom. The molecule has 0 radical (unpaired) electrons. The number of hydrogen-bond acceptors (Lipinski definition) is 6. The van der Waals surface area contributed by atoms with Crippen LogP contribution in [0.25, 0.3) is 11.5 Å². The van der Waals surface area contributed by atoms with E-state index in [-0.39, 0.29) is 18.1 Å². The monoisotopic (exact) mass is 270 g/mol. The molecule has 2 aromatic heterocycles. The average Bonchev–Trinajstić information content (AvgIpc) is 2.94. The Morgan fingerprint density at radius 1 is 1.56 bits per heavy atom. The van der Waals surface area contributed by atoms with E-state index in [4.69, 9.17) is 10.3 Å². The predicted octanol–water partition coefficient (Wildman–Crippen LogP) is 0.499. The maximum absolute atomic E-state index is 11.0. The highest BCUT2D eigenvalue weighted by molar-refractivity contribution is 7.90. The maximum Gasteiger partial charge on any atom is 0.243 e. The number of aromatic amines is 1. The second-order valence-electron chi connectivity index (χ2n) is 4.07. The van der Waals surface area contributed by atoms with Gasteiger partial charge in [0, 0.05) is 12.5 Å². The zero-order valence-electron chi connectivity index (χ0n) is 9.83. The van der Waals surface area contributed by atoms with Crippen molar-refractivity contribution in [2.75, 3.05) is 12.0 Å². The highest BCUT2D eigenvalue weighted by Crippen LogP contribution is 2.17. The fourth-order valence-corrected chi connectivity index (χ4v) is 2.11. The molecule has 0 saturated carbocycles. The zero-order valence-corrected chi connectivity index (χ0v) is 10.6. The molecule has 0 aliphatic heterocycles. The molecular formula is C10H14N4O3S. The summed E-state index contributed by atoms with van der Waals surface area (Å²) >= 11 is 0. The smallest absolute Gasteiger partial charge is 0.243 e. The van der Waals surface area contributed by atoms with Gasteiger partial charge in [0.1, 0.15) is 9.84 Å². The van der Waals surface area contributed by atoms with E-state index in [1.807, 2.05) is 6.07 Å². The van der Waals surface area contributed by atoms with Gasteiger partial charge in [-0.15, -0.1) is 0 Å². The van der Waals surface area contributed by atoms with Crippen LogP contribution in [0.15, 0.2) is 22.9 Å². The Hall–Kier alpha value is -1.67. The summed E-state index contributed by atoms with van der Waals surface area (Å²) in [6.07, 6.45) is 3.16. The molecule has 18 heavy (non-hydrogen) atoms. The molecule has 0 saturated heterocycles. The van der Waals surface area contributed by atoms with E-state index in [2.05, 4.69) is 15.1 Å². The molecule has 0 spiro atoms. The van der Waals surface area contributed by atoms with Crippen molar-refractivity contribution in [2.45, 2.75) is 12.5 Å². The predicted molar refractivity (Wildman–Crippen MR) is 65.3 cm³/mol. The van der Waals surface area contributed by atoms with Crippen molar-refractivity contribution < 1.29 is 12.9 Å². The molecule has 0 amide bonds. The number of nitrogens with two attached hydrogens (primary N) is 1. The summed E-state index contributed by atoms with van der Waals surface area (Å²) < 4.78 is 27.1. The molecule has 1 atom stereocenters. The normalized spacial score (nSPS) is 13.7. The minimum absolute atomic E-state index is 0.00557.